The van der Waals surface area contributed by atoms with Crippen molar-refractivity contribution in [1.29, 1.82) is 10.5 Å². The van der Waals surface area contributed by atoms with Gasteiger partial charge in [-0.1, -0.05) is 12.1 Å². The van der Waals surface area contributed by atoms with Crippen LogP contribution in [0.2, 0.25) is 0 Å². The lowest BCUT2D eigenvalue weighted by Crippen LogP contribution is -2.05. The molecule has 0 unspecified atom stereocenters. The Bertz CT molecular complexity index is 1540. The van der Waals surface area contributed by atoms with E-state index in [0.717, 1.165) is 16.9 Å². The van der Waals surface area contributed by atoms with Gasteiger partial charge in [0, 0.05) is 11.3 Å². The molecular formula is C29H24N2O7S. The van der Waals surface area contributed by atoms with Gasteiger partial charge in [-0.15, -0.1) is 11.3 Å². The lowest BCUT2D eigenvalue weighted by atomic mass is 10.0. The Balaban J connectivity index is 1.50. The third kappa shape index (κ3) is 6.03. The lowest BCUT2D eigenvalue weighted by Gasteiger charge is -2.12. The summed E-state index contributed by atoms with van der Waals surface area (Å²) in [6.07, 6.45) is 1.26. The van der Waals surface area contributed by atoms with Gasteiger partial charge in [0.1, 0.15) is 23.6 Å². The minimum Gasteiger partial charge on any atom is -0.493 e. The third-order valence-electron chi connectivity index (χ3n) is 5.86. The number of nitrogens with zero attached hydrogens (tertiary/aromatic N) is 2. The van der Waals surface area contributed by atoms with Crippen LogP contribution < -0.4 is 18.9 Å². The van der Waals surface area contributed by atoms with Crippen LogP contribution >= 0.6 is 11.3 Å². The molecule has 2 heterocycles. The second kappa shape index (κ2) is 12.2. The maximum absolute atomic E-state index is 13.0. The van der Waals surface area contributed by atoms with Crippen LogP contribution in [-0.2, 0) is 22.6 Å². The largest absolute Gasteiger partial charge is 0.493 e. The zero-order chi connectivity index (χ0) is 27.9. The number of hydrogen-bond acceptors (Lipinski definition) is 10. The summed E-state index contributed by atoms with van der Waals surface area (Å²) in [5.74, 6) is 1.24. The molecule has 0 fully saturated rings. The van der Waals surface area contributed by atoms with Crippen LogP contribution in [0.15, 0.2) is 42.0 Å². The summed E-state index contributed by atoms with van der Waals surface area (Å²) in [5.41, 5.74) is 2.06. The maximum Gasteiger partial charge on any atom is 0.348 e. The number of esters is 1. The third-order valence-corrected chi connectivity index (χ3v) is 7.14. The van der Waals surface area contributed by atoms with E-state index in [1.807, 2.05) is 24.3 Å². The minimum absolute atomic E-state index is 0.0984. The van der Waals surface area contributed by atoms with E-state index in [4.69, 9.17) is 23.7 Å². The first-order valence-corrected chi connectivity index (χ1v) is 12.7. The number of ketones is 1. The molecule has 0 amide bonds. The van der Waals surface area contributed by atoms with E-state index in [1.54, 1.807) is 32.0 Å². The first-order chi connectivity index (χ1) is 18.9. The standard InChI is InChI=1S/C29H24N2O7S/c1-4-35-29(33)28-17(2)21(14-31)27(39-28)12-22(32)20(13-30)9-18-5-7-23(25(10-18)34-3)36-15-19-6-8-24-26(11-19)38-16-37-24/h5-11H,4,12,15-16H2,1-3H3. The summed E-state index contributed by atoms with van der Waals surface area (Å²) in [6, 6.07) is 14.6. The Labute approximate surface area is 229 Å². The van der Waals surface area contributed by atoms with Crippen LogP contribution in [0.5, 0.6) is 23.0 Å². The maximum atomic E-state index is 13.0. The SMILES string of the molecule is CCOC(=O)c1sc(CC(=O)C(C#N)=Cc2ccc(OCc3ccc4c(c3)OCO4)c(OC)c2)c(C#N)c1C. The van der Waals surface area contributed by atoms with Crippen LogP contribution in [0.4, 0.5) is 0 Å². The predicted molar refractivity (Wildman–Crippen MR) is 142 cm³/mol. The van der Waals surface area contributed by atoms with Gasteiger partial charge in [0.15, 0.2) is 28.8 Å². The predicted octanol–water partition coefficient (Wildman–Crippen LogP) is 5.14. The molecule has 0 radical (unpaired) electrons. The molecule has 1 aliphatic heterocycles. The molecule has 0 aliphatic carbocycles. The second-order valence-corrected chi connectivity index (χ2v) is 9.45. The number of allylic oxidation sites excluding steroid dienone is 1. The molecule has 0 spiro atoms. The molecular weight excluding hydrogens is 520 g/mol. The van der Waals surface area contributed by atoms with E-state index in [-0.39, 0.29) is 42.4 Å². The highest BCUT2D eigenvalue weighted by Gasteiger charge is 2.23. The van der Waals surface area contributed by atoms with Gasteiger partial charge >= 0.3 is 5.97 Å². The number of methoxy groups -OCH3 is 1. The number of benzene rings is 2. The van der Waals surface area contributed by atoms with E-state index in [0.29, 0.717) is 39.0 Å². The first kappa shape index (κ1) is 27.2. The highest BCUT2D eigenvalue weighted by molar-refractivity contribution is 7.14. The molecule has 0 saturated heterocycles. The van der Waals surface area contributed by atoms with Crippen molar-refractivity contribution in [2.24, 2.45) is 0 Å². The monoisotopic (exact) mass is 544 g/mol. The summed E-state index contributed by atoms with van der Waals surface area (Å²) in [7, 11) is 1.50. The van der Waals surface area contributed by atoms with Crippen molar-refractivity contribution < 1.29 is 33.3 Å². The van der Waals surface area contributed by atoms with Gasteiger partial charge in [-0.3, -0.25) is 4.79 Å². The second-order valence-electron chi connectivity index (χ2n) is 8.34. The van der Waals surface area contributed by atoms with E-state index >= 15 is 0 Å². The molecule has 1 aromatic heterocycles. The number of carbonyl (C=O) groups is 2. The Morgan fingerprint density at radius 3 is 2.62 bits per heavy atom. The number of ether oxygens (including phenoxy) is 5. The molecule has 10 heteroatoms. The average Bonchev–Trinajstić information content (AvgIpc) is 3.54. The quantitative estimate of drug-likeness (QED) is 0.194. The van der Waals surface area contributed by atoms with Crippen molar-refractivity contribution in [1.82, 2.24) is 0 Å². The normalized spacial score (nSPS) is 11.9. The Kier molecular flexibility index (Phi) is 8.50. The van der Waals surface area contributed by atoms with Crippen molar-refractivity contribution in [2.75, 3.05) is 20.5 Å². The fraction of sp³-hybridized carbons (Fsp3) is 0.241. The highest BCUT2D eigenvalue weighted by atomic mass is 32.1. The molecule has 2 aromatic carbocycles. The highest BCUT2D eigenvalue weighted by Crippen LogP contribution is 2.34. The zero-order valence-electron chi connectivity index (χ0n) is 21.5. The van der Waals surface area contributed by atoms with E-state index in [1.165, 1.54) is 13.2 Å². The van der Waals surface area contributed by atoms with Crippen LogP contribution in [-0.4, -0.2) is 32.3 Å². The lowest BCUT2D eigenvalue weighted by molar-refractivity contribution is -0.114. The number of thiophene rings is 1. The number of carbonyl (C=O) groups excluding carboxylic acids is 2. The molecule has 39 heavy (non-hydrogen) atoms. The van der Waals surface area contributed by atoms with Gasteiger partial charge in [0.05, 0.1) is 24.9 Å². The molecule has 0 saturated carbocycles. The van der Waals surface area contributed by atoms with Gasteiger partial charge in [-0.25, -0.2) is 4.79 Å². The topological polar surface area (TPSA) is 128 Å². The molecule has 0 N–H and O–H groups in total. The first-order valence-electron chi connectivity index (χ1n) is 11.9. The molecule has 1 aliphatic rings. The van der Waals surface area contributed by atoms with E-state index in [2.05, 4.69) is 6.07 Å². The van der Waals surface area contributed by atoms with Crippen molar-refractivity contribution in [2.45, 2.75) is 26.9 Å². The summed E-state index contributed by atoms with van der Waals surface area (Å²) in [6.45, 7) is 3.97. The van der Waals surface area contributed by atoms with Gasteiger partial charge in [0.25, 0.3) is 0 Å². The molecule has 3 aromatic rings. The van der Waals surface area contributed by atoms with Gasteiger partial charge in [-0.2, -0.15) is 10.5 Å². The fourth-order valence-electron chi connectivity index (χ4n) is 3.90. The minimum atomic E-state index is -0.542. The van der Waals surface area contributed by atoms with Gasteiger partial charge < -0.3 is 23.7 Å². The molecule has 4 rings (SSSR count). The van der Waals surface area contributed by atoms with Crippen LogP contribution in [0.25, 0.3) is 6.08 Å². The summed E-state index contributed by atoms with van der Waals surface area (Å²) >= 11 is 1.03. The van der Waals surface area contributed by atoms with Crippen molar-refractivity contribution in [3.05, 3.63) is 74.0 Å². The Hall–Kier alpha value is -4.80. The number of hydrogen-bond donors (Lipinski definition) is 0. The number of fused-ring (bicyclic) bond motifs is 1. The average molecular weight is 545 g/mol. The van der Waals surface area contributed by atoms with Crippen LogP contribution in [0.3, 0.4) is 0 Å². The summed E-state index contributed by atoms with van der Waals surface area (Å²) in [5, 5.41) is 19.3. The molecule has 0 bridgehead atoms. The fourth-order valence-corrected chi connectivity index (χ4v) is 5.05. The van der Waals surface area contributed by atoms with Crippen LogP contribution in [0.1, 0.15) is 43.7 Å². The summed E-state index contributed by atoms with van der Waals surface area (Å²) < 4.78 is 27.2. The molecule has 0 atom stereocenters. The summed E-state index contributed by atoms with van der Waals surface area (Å²) in [4.78, 5) is 25.9. The van der Waals surface area contributed by atoms with Crippen LogP contribution in [0, 0.1) is 29.6 Å². The number of rotatable bonds is 10. The van der Waals surface area contributed by atoms with E-state index < -0.39 is 11.8 Å². The Morgan fingerprint density at radius 2 is 1.90 bits per heavy atom. The van der Waals surface area contributed by atoms with Crippen molar-refractivity contribution in [3.8, 4) is 35.1 Å². The Morgan fingerprint density at radius 1 is 1.10 bits per heavy atom. The van der Waals surface area contributed by atoms with E-state index in [9.17, 15) is 20.1 Å². The zero-order valence-corrected chi connectivity index (χ0v) is 22.3. The smallest absolute Gasteiger partial charge is 0.348 e. The number of nitriles is 2. The molecule has 9 nitrogen and oxygen atoms in total. The van der Waals surface area contributed by atoms with Gasteiger partial charge in [-0.05, 0) is 60.9 Å². The molecule has 198 valence electrons. The van der Waals surface area contributed by atoms with Gasteiger partial charge in [0.2, 0.25) is 6.79 Å². The number of Topliss-reactive ketones (excluding diaryl/α,β-unsaturated/α-hetero) is 1. The van der Waals surface area contributed by atoms with Crippen molar-refractivity contribution >= 4 is 29.2 Å². The van der Waals surface area contributed by atoms with Crippen molar-refractivity contribution in [3.63, 3.8) is 0 Å².